The number of methoxy groups -OCH3 is 1. The molecule has 0 aliphatic carbocycles. The molecule has 0 saturated carbocycles. The summed E-state index contributed by atoms with van der Waals surface area (Å²) in [5.74, 6) is 1.34. The number of likely N-dealkylation sites (N-methyl/N-ethyl adjacent to an activating group) is 1. The summed E-state index contributed by atoms with van der Waals surface area (Å²) in [6, 6.07) is 11.7. The maximum Gasteiger partial charge on any atom is 0.244 e. The molecule has 1 N–H and O–H groups in total. The van der Waals surface area contributed by atoms with Crippen LogP contribution in [0.25, 0.3) is 27.7 Å². The van der Waals surface area contributed by atoms with Crippen LogP contribution in [-0.4, -0.2) is 26.2 Å². The number of carbonyl (C=O) groups excluding carboxylic acids is 1. The standard InChI is InChI=1S/C23H25NO4/c1-5-24-23(25)11-15(3)17-12-18-19(16-9-7-8-10-20(16)26-4)14-28-22(18)13-21(17)27-6-2/h7-14H,5-6H2,1-4H3,(H,24,25)/b15-11+. The van der Waals surface area contributed by atoms with Crippen LogP contribution in [0, 0.1) is 0 Å². The van der Waals surface area contributed by atoms with Crippen LogP contribution in [0.15, 0.2) is 53.2 Å². The Labute approximate surface area is 164 Å². The summed E-state index contributed by atoms with van der Waals surface area (Å²) in [4.78, 5) is 12.0. The van der Waals surface area contributed by atoms with Crippen molar-refractivity contribution in [2.75, 3.05) is 20.3 Å². The highest BCUT2D eigenvalue weighted by atomic mass is 16.5. The fourth-order valence-corrected chi connectivity index (χ4v) is 3.21. The molecule has 0 spiro atoms. The molecule has 0 fully saturated rings. The van der Waals surface area contributed by atoms with Gasteiger partial charge in [0, 0.05) is 40.8 Å². The van der Waals surface area contributed by atoms with Crippen molar-refractivity contribution in [3.8, 4) is 22.6 Å². The van der Waals surface area contributed by atoms with E-state index in [-0.39, 0.29) is 5.91 Å². The van der Waals surface area contributed by atoms with Gasteiger partial charge in [-0.1, -0.05) is 18.2 Å². The lowest BCUT2D eigenvalue weighted by Gasteiger charge is -2.12. The number of ether oxygens (including phenoxy) is 2. The van der Waals surface area contributed by atoms with Gasteiger partial charge in [-0.3, -0.25) is 4.79 Å². The summed E-state index contributed by atoms with van der Waals surface area (Å²) in [7, 11) is 1.65. The van der Waals surface area contributed by atoms with Crippen LogP contribution in [0.2, 0.25) is 0 Å². The molecule has 5 nitrogen and oxygen atoms in total. The van der Waals surface area contributed by atoms with Crippen molar-refractivity contribution in [1.82, 2.24) is 5.32 Å². The first-order valence-electron chi connectivity index (χ1n) is 9.36. The van der Waals surface area contributed by atoms with Crippen molar-refractivity contribution in [2.45, 2.75) is 20.8 Å². The molecule has 0 radical (unpaired) electrons. The molecule has 0 unspecified atom stereocenters. The molecule has 0 aliphatic heterocycles. The van der Waals surface area contributed by atoms with Gasteiger partial charge in [0.15, 0.2) is 0 Å². The molecule has 5 heteroatoms. The third-order valence-electron chi connectivity index (χ3n) is 4.50. The van der Waals surface area contributed by atoms with E-state index in [9.17, 15) is 4.79 Å². The van der Waals surface area contributed by atoms with E-state index in [2.05, 4.69) is 5.32 Å². The van der Waals surface area contributed by atoms with Crippen molar-refractivity contribution >= 4 is 22.4 Å². The number of hydrogen-bond acceptors (Lipinski definition) is 4. The summed E-state index contributed by atoms with van der Waals surface area (Å²) in [6.45, 7) is 6.83. The van der Waals surface area contributed by atoms with Crippen LogP contribution in [0.5, 0.6) is 11.5 Å². The Balaban J connectivity index is 2.17. The molecule has 0 atom stereocenters. The van der Waals surface area contributed by atoms with Crippen LogP contribution < -0.4 is 14.8 Å². The molecule has 3 rings (SSSR count). The van der Waals surface area contributed by atoms with E-state index in [1.807, 2.05) is 57.2 Å². The third-order valence-corrected chi connectivity index (χ3v) is 4.50. The predicted octanol–water partition coefficient (Wildman–Crippen LogP) is 5.05. The first kappa shape index (κ1) is 19.5. The minimum absolute atomic E-state index is 0.125. The molecule has 1 heterocycles. The Morgan fingerprint density at radius 3 is 2.64 bits per heavy atom. The smallest absolute Gasteiger partial charge is 0.244 e. The Kier molecular flexibility index (Phi) is 6.04. The monoisotopic (exact) mass is 379 g/mol. The van der Waals surface area contributed by atoms with E-state index in [0.29, 0.717) is 18.9 Å². The molecule has 0 bridgehead atoms. The van der Waals surface area contributed by atoms with Crippen LogP contribution in [0.1, 0.15) is 26.3 Å². The molecule has 2 aromatic carbocycles. The number of benzene rings is 2. The minimum atomic E-state index is -0.125. The van der Waals surface area contributed by atoms with Crippen molar-refractivity contribution in [1.29, 1.82) is 0 Å². The zero-order valence-corrected chi connectivity index (χ0v) is 16.7. The van der Waals surface area contributed by atoms with Crippen molar-refractivity contribution in [3.63, 3.8) is 0 Å². The second-order valence-corrected chi connectivity index (χ2v) is 6.35. The average molecular weight is 379 g/mol. The van der Waals surface area contributed by atoms with Crippen molar-refractivity contribution in [2.24, 2.45) is 0 Å². The summed E-state index contributed by atoms with van der Waals surface area (Å²) in [5, 5.41) is 3.73. The number of fused-ring (bicyclic) bond motifs is 1. The first-order valence-corrected chi connectivity index (χ1v) is 9.36. The fraction of sp³-hybridized carbons (Fsp3) is 0.261. The van der Waals surface area contributed by atoms with Gasteiger partial charge >= 0.3 is 0 Å². The number of carbonyl (C=O) groups is 1. The highest BCUT2D eigenvalue weighted by Gasteiger charge is 2.17. The minimum Gasteiger partial charge on any atom is -0.496 e. The molecule has 1 aromatic heterocycles. The first-order chi connectivity index (χ1) is 13.6. The Morgan fingerprint density at radius 1 is 1.14 bits per heavy atom. The SMILES string of the molecule is CCNC(=O)/C=C(\C)c1cc2c(-c3ccccc3OC)coc2cc1OCC. The van der Waals surface area contributed by atoms with E-state index >= 15 is 0 Å². The van der Waals surface area contributed by atoms with E-state index in [0.717, 1.165) is 39.0 Å². The van der Waals surface area contributed by atoms with E-state index < -0.39 is 0 Å². The number of furan rings is 1. The molecule has 0 saturated heterocycles. The van der Waals surface area contributed by atoms with Crippen LogP contribution >= 0.6 is 0 Å². The molecule has 28 heavy (non-hydrogen) atoms. The number of rotatable bonds is 7. The van der Waals surface area contributed by atoms with Gasteiger partial charge in [-0.05, 0) is 38.5 Å². The van der Waals surface area contributed by atoms with Crippen LogP contribution in [0.3, 0.4) is 0 Å². The van der Waals surface area contributed by atoms with Gasteiger partial charge in [-0.15, -0.1) is 0 Å². The Hall–Kier alpha value is -3.21. The lowest BCUT2D eigenvalue weighted by molar-refractivity contribution is -0.116. The van der Waals surface area contributed by atoms with E-state index in [1.54, 1.807) is 19.4 Å². The van der Waals surface area contributed by atoms with Gasteiger partial charge in [0.05, 0.1) is 20.0 Å². The third kappa shape index (κ3) is 3.88. The zero-order valence-electron chi connectivity index (χ0n) is 16.7. The molecule has 3 aromatic rings. The summed E-state index contributed by atoms with van der Waals surface area (Å²) in [6.07, 6.45) is 3.32. The van der Waals surface area contributed by atoms with Gasteiger partial charge in [0.25, 0.3) is 0 Å². The summed E-state index contributed by atoms with van der Waals surface area (Å²) >= 11 is 0. The van der Waals surface area contributed by atoms with E-state index in [1.165, 1.54) is 0 Å². The molecular weight excluding hydrogens is 354 g/mol. The molecular formula is C23H25NO4. The van der Waals surface area contributed by atoms with Gasteiger partial charge in [0.2, 0.25) is 5.91 Å². The number of nitrogens with one attached hydrogen (secondary N) is 1. The summed E-state index contributed by atoms with van der Waals surface area (Å²) in [5.41, 5.74) is 4.28. The summed E-state index contributed by atoms with van der Waals surface area (Å²) < 4.78 is 17.1. The number of hydrogen-bond donors (Lipinski definition) is 1. The lowest BCUT2D eigenvalue weighted by Crippen LogP contribution is -2.20. The van der Waals surface area contributed by atoms with Gasteiger partial charge in [0.1, 0.15) is 17.1 Å². The van der Waals surface area contributed by atoms with Gasteiger partial charge in [-0.2, -0.15) is 0 Å². The number of para-hydroxylation sites is 1. The Morgan fingerprint density at radius 2 is 1.93 bits per heavy atom. The average Bonchev–Trinajstić information content (AvgIpc) is 3.10. The fourth-order valence-electron chi connectivity index (χ4n) is 3.21. The lowest BCUT2D eigenvalue weighted by atomic mass is 9.98. The molecule has 1 amide bonds. The number of allylic oxidation sites excluding steroid dienone is 1. The van der Waals surface area contributed by atoms with E-state index in [4.69, 9.17) is 13.9 Å². The highest BCUT2D eigenvalue weighted by molar-refractivity contribution is 6.01. The maximum absolute atomic E-state index is 12.0. The Bertz CT molecular complexity index is 1020. The van der Waals surface area contributed by atoms with Crippen LogP contribution in [0.4, 0.5) is 0 Å². The second-order valence-electron chi connectivity index (χ2n) is 6.35. The zero-order chi connectivity index (χ0) is 20.1. The molecule has 0 aliphatic rings. The molecule has 146 valence electrons. The second kappa shape index (κ2) is 8.65. The van der Waals surface area contributed by atoms with Crippen LogP contribution in [-0.2, 0) is 4.79 Å². The predicted molar refractivity (Wildman–Crippen MR) is 112 cm³/mol. The normalized spacial score (nSPS) is 11.5. The van der Waals surface area contributed by atoms with Crippen molar-refractivity contribution < 1.29 is 18.7 Å². The van der Waals surface area contributed by atoms with Gasteiger partial charge < -0.3 is 19.2 Å². The topological polar surface area (TPSA) is 60.7 Å². The quantitative estimate of drug-likeness (QED) is 0.584. The number of amides is 1. The highest BCUT2D eigenvalue weighted by Crippen LogP contribution is 2.40. The largest absolute Gasteiger partial charge is 0.496 e. The van der Waals surface area contributed by atoms with Crippen molar-refractivity contribution in [3.05, 3.63) is 54.3 Å². The van der Waals surface area contributed by atoms with Gasteiger partial charge in [-0.25, -0.2) is 0 Å². The maximum atomic E-state index is 12.0.